The summed E-state index contributed by atoms with van der Waals surface area (Å²) in [6.07, 6.45) is 1.81. The third kappa shape index (κ3) is 4.85. The molecule has 1 heterocycles. The smallest absolute Gasteiger partial charge is 0.250 e. The molecule has 2 rings (SSSR count). The summed E-state index contributed by atoms with van der Waals surface area (Å²) in [6.45, 7) is 12.3. The zero-order valence-corrected chi connectivity index (χ0v) is 16.9. The quantitative estimate of drug-likeness (QED) is 0.886. The Morgan fingerprint density at radius 2 is 1.72 bits per heavy atom. The van der Waals surface area contributed by atoms with Gasteiger partial charge in [0.25, 0.3) is 0 Å². The number of nitrogens with zero attached hydrogens (tertiary/aromatic N) is 2. The normalized spacial score (nSPS) is 21.7. The molecule has 2 atom stereocenters. The van der Waals surface area contributed by atoms with E-state index in [9.17, 15) is 9.90 Å². The highest BCUT2D eigenvalue weighted by Gasteiger charge is 2.39. The number of hydrazone groups is 1. The number of hydrogen-bond acceptors (Lipinski definition) is 4. The minimum absolute atomic E-state index is 0.0987. The predicted molar refractivity (Wildman–Crippen MR) is 106 cm³/mol. The van der Waals surface area contributed by atoms with E-state index in [0.29, 0.717) is 0 Å². The van der Waals surface area contributed by atoms with Crippen molar-refractivity contribution in [3.05, 3.63) is 35.4 Å². The molecule has 5 heteroatoms. The van der Waals surface area contributed by atoms with Gasteiger partial charge in [-0.1, -0.05) is 45.0 Å². The maximum atomic E-state index is 12.6. The molecule has 1 aromatic carbocycles. The molecule has 1 aromatic rings. The number of benzene rings is 1. The van der Waals surface area contributed by atoms with Crippen molar-refractivity contribution in [1.29, 1.82) is 0 Å². The maximum absolute atomic E-state index is 12.6. The van der Waals surface area contributed by atoms with E-state index in [1.165, 1.54) is 16.1 Å². The average Bonchev–Trinajstić information content (AvgIpc) is 2.51. The van der Waals surface area contributed by atoms with Crippen LogP contribution in [0.4, 0.5) is 0 Å². The molecule has 0 bridgehead atoms. The molecule has 25 heavy (non-hydrogen) atoms. The van der Waals surface area contributed by atoms with Crippen LogP contribution in [-0.4, -0.2) is 39.6 Å². The molecule has 0 fully saturated rings. The fourth-order valence-corrected chi connectivity index (χ4v) is 3.88. The number of amides is 1. The lowest BCUT2D eigenvalue weighted by Gasteiger charge is -2.38. The van der Waals surface area contributed by atoms with E-state index < -0.39 is 5.92 Å². The molecule has 0 saturated heterocycles. The highest BCUT2D eigenvalue weighted by Crippen LogP contribution is 2.30. The second kappa shape index (κ2) is 7.50. The van der Waals surface area contributed by atoms with Gasteiger partial charge in [0.2, 0.25) is 5.91 Å². The predicted octanol–water partition coefficient (Wildman–Crippen LogP) is 3.82. The van der Waals surface area contributed by atoms with Crippen LogP contribution in [0.25, 0.3) is 0 Å². The lowest BCUT2D eigenvalue weighted by molar-refractivity contribution is -0.142. The van der Waals surface area contributed by atoms with E-state index in [0.717, 1.165) is 5.75 Å². The topological polar surface area (TPSA) is 52.9 Å². The molecular formula is C20H30N2O2S. The summed E-state index contributed by atoms with van der Waals surface area (Å²) >= 11 is 1.66. The Hall–Kier alpha value is -1.33. The molecule has 0 radical (unpaired) electrons. The first-order chi connectivity index (χ1) is 11.5. The van der Waals surface area contributed by atoms with Crippen molar-refractivity contribution in [2.45, 2.75) is 63.5 Å². The van der Waals surface area contributed by atoms with Crippen LogP contribution in [0.5, 0.6) is 0 Å². The van der Waals surface area contributed by atoms with Crippen LogP contribution < -0.4 is 0 Å². The van der Waals surface area contributed by atoms with Crippen molar-refractivity contribution in [2.75, 3.05) is 6.61 Å². The van der Waals surface area contributed by atoms with Gasteiger partial charge in [-0.25, -0.2) is 5.01 Å². The molecular weight excluding hydrogens is 332 g/mol. The van der Waals surface area contributed by atoms with Crippen molar-refractivity contribution in [2.24, 2.45) is 11.0 Å². The summed E-state index contributed by atoms with van der Waals surface area (Å²) in [5, 5.41) is 15.5. The van der Waals surface area contributed by atoms with Crippen LogP contribution in [0.15, 0.2) is 29.4 Å². The van der Waals surface area contributed by atoms with Gasteiger partial charge in [-0.05, 0) is 37.3 Å². The lowest BCUT2D eigenvalue weighted by atomic mass is 9.87. The Balaban J connectivity index is 2.06. The lowest BCUT2D eigenvalue weighted by Crippen LogP contribution is -2.51. The van der Waals surface area contributed by atoms with Crippen molar-refractivity contribution in [3.8, 4) is 0 Å². The molecule has 2 unspecified atom stereocenters. The van der Waals surface area contributed by atoms with Gasteiger partial charge in [-0.3, -0.25) is 4.79 Å². The Labute approximate surface area is 155 Å². The first-order valence-electron chi connectivity index (χ1n) is 8.74. The standard InChI is InChI=1S/C20H30N2O2S/c1-19(2,3)15-9-7-14(8-10-15)13-25-17-11-21-22(20(4,5)6)18(24)16(17)12-23/h7-11,16-17,23H,12-13H2,1-6H3. The van der Waals surface area contributed by atoms with Gasteiger partial charge >= 0.3 is 0 Å². The molecule has 1 amide bonds. The largest absolute Gasteiger partial charge is 0.395 e. The molecule has 0 aromatic heterocycles. The SMILES string of the molecule is CC(C)(C)c1ccc(CSC2C=NN(C(C)(C)C)C(=O)C2CO)cc1. The van der Waals surface area contributed by atoms with Gasteiger partial charge in [-0.2, -0.15) is 5.10 Å². The average molecular weight is 363 g/mol. The van der Waals surface area contributed by atoms with Crippen LogP contribution in [0, 0.1) is 5.92 Å². The minimum Gasteiger partial charge on any atom is -0.395 e. The minimum atomic E-state index is -0.435. The molecule has 0 spiro atoms. The van der Waals surface area contributed by atoms with E-state index in [4.69, 9.17) is 0 Å². The highest BCUT2D eigenvalue weighted by molar-refractivity contribution is 7.99. The molecule has 1 aliphatic rings. The van der Waals surface area contributed by atoms with Crippen molar-refractivity contribution in [1.82, 2.24) is 5.01 Å². The number of aliphatic hydroxyl groups excluding tert-OH is 1. The molecule has 0 saturated carbocycles. The second-order valence-electron chi connectivity index (χ2n) is 8.60. The Morgan fingerprint density at radius 1 is 1.12 bits per heavy atom. The van der Waals surface area contributed by atoms with E-state index in [1.807, 2.05) is 27.0 Å². The molecule has 0 aliphatic carbocycles. The number of carbonyl (C=O) groups excluding carboxylic acids is 1. The summed E-state index contributed by atoms with van der Waals surface area (Å²) < 4.78 is 0. The van der Waals surface area contributed by atoms with Crippen molar-refractivity contribution < 1.29 is 9.90 Å². The van der Waals surface area contributed by atoms with Crippen LogP contribution in [-0.2, 0) is 16.0 Å². The summed E-state index contributed by atoms with van der Waals surface area (Å²) in [6, 6.07) is 8.62. The summed E-state index contributed by atoms with van der Waals surface area (Å²) in [7, 11) is 0. The molecule has 1 N–H and O–H groups in total. The van der Waals surface area contributed by atoms with E-state index >= 15 is 0 Å². The Kier molecular flexibility index (Phi) is 6.00. The van der Waals surface area contributed by atoms with Gasteiger partial charge in [0, 0.05) is 12.0 Å². The van der Waals surface area contributed by atoms with Gasteiger partial charge < -0.3 is 5.11 Å². The van der Waals surface area contributed by atoms with Crippen LogP contribution in [0.3, 0.4) is 0 Å². The van der Waals surface area contributed by atoms with Crippen LogP contribution in [0.1, 0.15) is 52.7 Å². The number of rotatable bonds is 4. The first kappa shape index (κ1) is 20.0. The summed E-state index contributed by atoms with van der Waals surface area (Å²) in [5.74, 6) is 0.258. The summed E-state index contributed by atoms with van der Waals surface area (Å²) in [4.78, 5) is 12.6. The van der Waals surface area contributed by atoms with Gasteiger partial charge in [0.05, 0.1) is 23.3 Å². The van der Waals surface area contributed by atoms with Crippen LogP contribution >= 0.6 is 11.8 Å². The van der Waals surface area contributed by atoms with Gasteiger partial charge in [-0.15, -0.1) is 11.8 Å². The number of carbonyl (C=O) groups is 1. The maximum Gasteiger partial charge on any atom is 0.250 e. The summed E-state index contributed by atoms with van der Waals surface area (Å²) in [5.41, 5.74) is 2.30. The van der Waals surface area contributed by atoms with E-state index in [1.54, 1.807) is 11.8 Å². The Morgan fingerprint density at radius 3 is 2.20 bits per heavy atom. The molecule has 138 valence electrons. The van der Waals surface area contributed by atoms with Gasteiger partial charge in [0.15, 0.2) is 0 Å². The zero-order chi connectivity index (χ0) is 18.8. The fourth-order valence-electron chi connectivity index (χ4n) is 2.73. The number of hydrogen-bond donors (Lipinski definition) is 1. The third-order valence-electron chi connectivity index (χ3n) is 4.35. The third-order valence-corrected chi connectivity index (χ3v) is 5.68. The van der Waals surface area contributed by atoms with Crippen molar-refractivity contribution in [3.63, 3.8) is 0 Å². The van der Waals surface area contributed by atoms with Gasteiger partial charge in [0.1, 0.15) is 0 Å². The zero-order valence-electron chi connectivity index (χ0n) is 16.1. The van der Waals surface area contributed by atoms with Crippen molar-refractivity contribution >= 4 is 23.9 Å². The second-order valence-corrected chi connectivity index (χ2v) is 9.76. The highest BCUT2D eigenvalue weighted by atomic mass is 32.2. The monoisotopic (exact) mass is 362 g/mol. The molecule has 4 nitrogen and oxygen atoms in total. The first-order valence-corrected chi connectivity index (χ1v) is 9.79. The fraction of sp³-hybridized carbons (Fsp3) is 0.600. The number of aliphatic hydroxyl groups is 1. The van der Waals surface area contributed by atoms with Crippen LogP contribution in [0.2, 0.25) is 0 Å². The van der Waals surface area contributed by atoms with E-state index in [2.05, 4.69) is 50.1 Å². The Bertz CT molecular complexity index is 627. The van der Waals surface area contributed by atoms with E-state index in [-0.39, 0.29) is 28.7 Å². The molecule has 1 aliphatic heterocycles. The number of thioether (sulfide) groups is 1.